The van der Waals surface area contributed by atoms with Crippen molar-refractivity contribution in [2.45, 2.75) is 52.7 Å². The number of nitrogens with one attached hydrogen (secondary N) is 1. The maximum absolute atomic E-state index is 11.6. The minimum absolute atomic E-state index is 0.00201. The fourth-order valence-electron chi connectivity index (χ4n) is 3.15. The number of benzene rings is 3. The molecule has 0 aliphatic carbocycles. The van der Waals surface area contributed by atoms with E-state index in [1.165, 1.54) is 0 Å². The normalized spacial score (nSPS) is 10.8. The summed E-state index contributed by atoms with van der Waals surface area (Å²) in [7, 11) is 5.37. The Balaban J connectivity index is 0.000000244. The van der Waals surface area contributed by atoms with Gasteiger partial charge in [0.2, 0.25) is 16.5 Å². The largest absolute Gasteiger partial charge is 0.399 e. The van der Waals surface area contributed by atoms with Gasteiger partial charge in [0.1, 0.15) is 7.85 Å². The average Bonchev–Trinajstić information content (AvgIpc) is 3.03. The Kier molecular flexibility index (Phi) is 15.6. The molecule has 0 atom stereocenters. The molecule has 0 aliphatic heterocycles. The van der Waals surface area contributed by atoms with Crippen LogP contribution in [0.2, 0.25) is 10.6 Å². The molecule has 5 rings (SSSR count). The minimum atomic E-state index is -1.01. The molecule has 0 bridgehead atoms. The van der Waals surface area contributed by atoms with E-state index in [1.54, 1.807) is 76.5 Å². The van der Waals surface area contributed by atoms with Crippen molar-refractivity contribution in [3.63, 3.8) is 0 Å². The Hall–Kier alpha value is -4.55. The third-order valence-corrected chi connectivity index (χ3v) is 7.23. The van der Waals surface area contributed by atoms with Gasteiger partial charge in [-0.25, -0.2) is 19.9 Å². The molecule has 2 radical (unpaired) electrons. The van der Waals surface area contributed by atoms with Gasteiger partial charge in [-0.15, -0.1) is 0 Å². The van der Waals surface area contributed by atoms with Crippen molar-refractivity contribution < 1.29 is 15.0 Å². The smallest absolute Gasteiger partial charge is 0.226 e. The van der Waals surface area contributed by atoms with Crippen LogP contribution in [0.25, 0.3) is 22.5 Å². The summed E-state index contributed by atoms with van der Waals surface area (Å²) in [5.74, 6) is -0.0434. The Morgan fingerprint density at radius 3 is 1.39 bits per heavy atom. The second kappa shape index (κ2) is 18.9. The van der Waals surface area contributed by atoms with Gasteiger partial charge in [-0.05, 0) is 99.4 Å². The van der Waals surface area contributed by atoms with Crippen molar-refractivity contribution in [3.8, 4) is 22.5 Å². The Morgan fingerprint density at radius 1 is 0.694 bits per heavy atom. The van der Waals surface area contributed by atoms with E-state index < -0.39 is 11.2 Å². The molecule has 0 saturated carbocycles. The van der Waals surface area contributed by atoms with Gasteiger partial charge in [-0.3, -0.25) is 4.79 Å². The number of rotatable bonds is 5. The number of carbonyl (C=O) groups is 1. The number of hydrogen-bond donors (Lipinski definition) is 5. The lowest BCUT2D eigenvalue weighted by molar-refractivity contribution is -0.118. The van der Waals surface area contributed by atoms with E-state index in [0.29, 0.717) is 0 Å². The molecule has 7 N–H and O–H groups in total. The summed E-state index contributed by atoms with van der Waals surface area (Å²) in [6, 6.07) is 25.6. The van der Waals surface area contributed by atoms with Gasteiger partial charge in [0.25, 0.3) is 0 Å². The van der Waals surface area contributed by atoms with Crippen LogP contribution >= 0.6 is 23.2 Å². The van der Waals surface area contributed by atoms with Gasteiger partial charge < -0.3 is 27.0 Å². The highest BCUT2D eigenvalue weighted by molar-refractivity contribution is 6.32. The van der Waals surface area contributed by atoms with Crippen LogP contribution in [0, 0.1) is 5.92 Å². The lowest BCUT2D eigenvalue weighted by Gasteiger charge is -2.31. The van der Waals surface area contributed by atoms with Crippen molar-refractivity contribution in [2.24, 2.45) is 5.92 Å². The fraction of sp³-hybridized carbons (Fsp3) is 0.250. The van der Waals surface area contributed by atoms with Crippen LogP contribution in [-0.2, 0) is 4.79 Å². The van der Waals surface area contributed by atoms with Gasteiger partial charge in [0.05, 0.1) is 22.6 Å². The number of halogens is 2. The van der Waals surface area contributed by atoms with Crippen LogP contribution in [0.3, 0.4) is 0 Å². The molecule has 0 unspecified atom stereocenters. The first kappa shape index (κ1) is 40.6. The Labute approximate surface area is 299 Å². The van der Waals surface area contributed by atoms with Crippen LogP contribution in [0.4, 0.5) is 17.1 Å². The molecule has 49 heavy (non-hydrogen) atoms. The molecule has 2 aromatic heterocycles. The highest BCUT2D eigenvalue weighted by Crippen LogP contribution is 2.21. The number of carbonyl (C=O) groups excluding carboxylic acids is 1. The minimum Gasteiger partial charge on any atom is -0.399 e. The number of aliphatic hydroxyl groups is 2. The summed E-state index contributed by atoms with van der Waals surface area (Å²) in [6.07, 6.45) is 3.24. The first-order valence-corrected chi connectivity index (χ1v) is 15.9. The molecular weight excluding hydrogens is 660 g/mol. The highest BCUT2D eigenvalue weighted by Gasteiger charge is 2.31. The predicted octanol–water partition coefficient (Wildman–Crippen LogP) is 6.36. The van der Waals surface area contributed by atoms with Gasteiger partial charge in [-0.2, -0.15) is 0 Å². The molecule has 0 aliphatic rings. The second-order valence-corrected chi connectivity index (χ2v) is 12.7. The van der Waals surface area contributed by atoms with Gasteiger partial charge >= 0.3 is 0 Å². The standard InChI is InChI=1S/C14H14ClN3O.C10H8ClN3.C6H6BN.C6H14O2/c1-9(2)13(19)17-11-5-3-10(4-6-11)12-7-8-16-14(15)18-12;11-10-13-6-5-9(14-10)7-1-3-8(12)4-2-7;7-5-1-3-6(8)4-2-5;1-5(2,7)6(3,4)8/h3-9H,1-2H3,(H,17,19);1-6H,12H2;1-4H,8H2;7-8H,1-4H3. The summed E-state index contributed by atoms with van der Waals surface area (Å²) in [5.41, 5.74) is 15.4. The Bertz CT molecular complexity index is 1710. The van der Waals surface area contributed by atoms with Crippen LogP contribution in [0.5, 0.6) is 0 Å². The van der Waals surface area contributed by atoms with Crippen molar-refractivity contribution in [2.75, 3.05) is 16.8 Å². The number of aromatic nitrogens is 4. The number of nitrogen functional groups attached to an aromatic ring is 2. The summed E-state index contributed by atoms with van der Waals surface area (Å²) in [4.78, 5) is 27.4. The van der Waals surface area contributed by atoms with E-state index in [2.05, 4.69) is 25.3 Å². The monoisotopic (exact) mass is 701 g/mol. The first-order chi connectivity index (χ1) is 22.9. The van der Waals surface area contributed by atoms with Crippen LogP contribution in [0.1, 0.15) is 41.5 Å². The summed E-state index contributed by atoms with van der Waals surface area (Å²) < 4.78 is 0. The Morgan fingerprint density at radius 2 is 1.06 bits per heavy atom. The molecule has 10 nitrogen and oxygen atoms in total. The molecule has 0 fully saturated rings. The number of nitrogens with two attached hydrogens (primary N) is 2. The fourth-order valence-corrected chi connectivity index (χ4v) is 3.45. The summed E-state index contributed by atoms with van der Waals surface area (Å²) >= 11 is 11.4. The topological polar surface area (TPSA) is 173 Å². The molecule has 0 spiro atoms. The van der Waals surface area contributed by atoms with Gasteiger partial charge in [0, 0.05) is 46.5 Å². The summed E-state index contributed by atoms with van der Waals surface area (Å²) in [5, 5.41) is 21.5. The zero-order chi connectivity index (χ0) is 36.8. The SMILES string of the molecule is CC(C)(O)C(C)(C)O.CC(C)C(=O)Nc1ccc(-c2ccnc(Cl)n2)cc1.Nc1ccc(-c2ccnc(Cl)n2)cc1.[B]c1ccc(N)cc1. The van der Waals surface area contributed by atoms with E-state index in [9.17, 15) is 4.79 Å². The van der Waals surface area contributed by atoms with Gasteiger partial charge in [-0.1, -0.05) is 55.7 Å². The van der Waals surface area contributed by atoms with Crippen molar-refractivity contribution in [3.05, 3.63) is 108 Å². The molecule has 13 heteroatoms. The third kappa shape index (κ3) is 15.0. The van der Waals surface area contributed by atoms with Crippen molar-refractivity contribution in [1.29, 1.82) is 0 Å². The van der Waals surface area contributed by atoms with Crippen LogP contribution in [-0.4, -0.2) is 55.1 Å². The van der Waals surface area contributed by atoms with Crippen molar-refractivity contribution >= 4 is 59.5 Å². The molecule has 0 saturated heterocycles. The van der Waals surface area contributed by atoms with E-state index in [1.807, 2.05) is 62.4 Å². The molecule has 5 aromatic rings. The van der Waals surface area contributed by atoms with Crippen LogP contribution < -0.4 is 22.2 Å². The zero-order valence-corrected chi connectivity index (χ0v) is 29.9. The number of nitrogens with zero attached hydrogens (tertiary/aromatic N) is 4. The molecule has 256 valence electrons. The van der Waals surface area contributed by atoms with Crippen LogP contribution in [0.15, 0.2) is 97.3 Å². The quantitative estimate of drug-likeness (QED) is 0.0794. The van der Waals surface area contributed by atoms with E-state index in [-0.39, 0.29) is 22.4 Å². The third-order valence-electron chi connectivity index (χ3n) is 6.87. The first-order valence-electron chi connectivity index (χ1n) is 15.2. The van der Waals surface area contributed by atoms with E-state index in [4.69, 9.17) is 52.7 Å². The predicted molar refractivity (Wildman–Crippen MR) is 202 cm³/mol. The van der Waals surface area contributed by atoms with Gasteiger partial charge in [0.15, 0.2) is 0 Å². The number of hydrogen-bond acceptors (Lipinski definition) is 9. The molecule has 1 amide bonds. The maximum Gasteiger partial charge on any atom is 0.226 e. The summed E-state index contributed by atoms with van der Waals surface area (Å²) in [6.45, 7) is 10.0. The second-order valence-electron chi connectivity index (χ2n) is 12.0. The molecule has 3 aromatic carbocycles. The highest BCUT2D eigenvalue weighted by atomic mass is 35.5. The molecular formula is C36H42BCl2N7O3. The lowest BCUT2D eigenvalue weighted by Crippen LogP contribution is -2.44. The number of anilines is 3. The van der Waals surface area contributed by atoms with Crippen molar-refractivity contribution in [1.82, 2.24) is 19.9 Å². The zero-order valence-electron chi connectivity index (χ0n) is 28.4. The average molecular weight is 702 g/mol. The maximum atomic E-state index is 11.6. The lowest BCUT2D eigenvalue weighted by atomic mass is 9.90. The van der Waals surface area contributed by atoms with E-state index >= 15 is 0 Å². The van der Waals surface area contributed by atoms with E-state index in [0.717, 1.165) is 45.0 Å². The molecule has 2 heterocycles. The number of amides is 1.